The van der Waals surface area contributed by atoms with Gasteiger partial charge in [-0.15, -0.1) is 0 Å². The number of nitrogens with zero attached hydrogens (tertiary/aromatic N) is 2. The monoisotopic (exact) mass is 518 g/mol. The smallest absolute Gasteiger partial charge is 0.387 e. The van der Waals surface area contributed by atoms with E-state index in [1.165, 1.54) is 4.31 Å². The van der Waals surface area contributed by atoms with Crippen LogP contribution in [0.5, 0.6) is 5.88 Å². The van der Waals surface area contributed by atoms with Crippen molar-refractivity contribution in [3.8, 4) is 17.1 Å². The Hall–Kier alpha value is -2.53. The van der Waals surface area contributed by atoms with Crippen LogP contribution >= 0.6 is 0 Å². The summed E-state index contributed by atoms with van der Waals surface area (Å²) in [5.41, 5.74) is 3.99. The molecule has 9 nitrogen and oxygen atoms in total. The van der Waals surface area contributed by atoms with Gasteiger partial charge in [0.1, 0.15) is 6.61 Å². The molecular weight excluding hydrogens is 484 g/mol. The van der Waals surface area contributed by atoms with Crippen molar-refractivity contribution in [2.75, 3.05) is 32.9 Å². The van der Waals surface area contributed by atoms with Gasteiger partial charge in [0.15, 0.2) is 0 Å². The quantitative estimate of drug-likeness (QED) is 0.567. The lowest BCUT2D eigenvalue weighted by atomic mass is 9.88. The average molecular weight is 519 g/mol. The van der Waals surface area contributed by atoms with E-state index in [1.807, 2.05) is 32.0 Å². The molecule has 2 fully saturated rings. The normalized spacial score (nSPS) is 21.8. The van der Waals surface area contributed by atoms with Crippen LogP contribution in [-0.2, 0) is 24.0 Å². The number of carbonyl (C=O) groups is 1. The second kappa shape index (κ2) is 11.7. The lowest BCUT2D eigenvalue weighted by molar-refractivity contribution is -0.143. The summed E-state index contributed by atoms with van der Waals surface area (Å²) >= 11 is 0. The summed E-state index contributed by atoms with van der Waals surface area (Å²) in [6.07, 6.45) is 2.16. The second-order valence-corrected chi connectivity index (χ2v) is 11.0. The van der Waals surface area contributed by atoms with Crippen molar-refractivity contribution < 1.29 is 32.0 Å². The lowest BCUT2D eigenvalue weighted by Gasteiger charge is -2.31. The molecule has 0 bridgehead atoms. The Kier molecular flexibility index (Phi) is 8.61. The first-order valence-corrected chi connectivity index (χ1v) is 13.8. The predicted octanol–water partition coefficient (Wildman–Crippen LogP) is 3.21. The van der Waals surface area contributed by atoms with Gasteiger partial charge in [0.2, 0.25) is 5.88 Å². The van der Waals surface area contributed by atoms with Crippen LogP contribution in [0.2, 0.25) is 0 Å². The van der Waals surface area contributed by atoms with E-state index in [2.05, 4.69) is 17.1 Å². The van der Waals surface area contributed by atoms with Crippen LogP contribution < -0.4 is 4.74 Å². The van der Waals surface area contributed by atoms with Crippen molar-refractivity contribution in [1.29, 1.82) is 0 Å². The van der Waals surface area contributed by atoms with Gasteiger partial charge in [-0.05, 0) is 62.6 Å². The Morgan fingerprint density at radius 3 is 2.67 bits per heavy atom. The molecule has 0 spiro atoms. The zero-order chi connectivity index (χ0) is 25.7. The number of aliphatic hydroxyl groups excluding tert-OH is 1. The maximum Gasteiger partial charge on any atom is 0.387 e. The molecule has 0 amide bonds. The third kappa shape index (κ3) is 6.42. The van der Waals surface area contributed by atoms with Crippen molar-refractivity contribution in [1.82, 2.24) is 9.29 Å². The van der Waals surface area contributed by atoms with Gasteiger partial charge in [0.25, 0.3) is 0 Å². The van der Waals surface area contributed by atoms with Crippen LogP contribution in [0.15, 0.2) is 36.4 Å². The van der Waals surface area contributed by atoms with Crippen LogP contribution in [-0.4, -0.2) is 67.8 Å². The molecule has 1 aromatic heterocycles. The zero-order valence-corrected chi connectivity index (χ0v) is 21.6. The number of hydrogen-bond donors (Lipinski definition) is 1. The number of aliphatic hydroxyl groups is 1. The van der Waals surface area contributed by atoms with Crippen LogP contribution in [0.25, 0.3) is 11.3 Å². The Balaban J connectivity index is 1.36. The summed E-state index contributed by atoms with van der Waals surface area (Å²) in [5, 5.41) is 8.96. The standard InChI is InChI=1S/C26H34N2O7S/c1-18-16-21(6-7-23(18)24-4-3-5-25(27-24)34-15-13-29)20-8-11-28(12-9-20)36(31,32)35-26(30)22-10-14-33-19(2)17-22/h3-7,16,19-20,22,29H,8-15,17H2,1-2H3. The van der Waals surface area contributed by atoms with Gasteiger partial charge in [-0.2, -0.15) is 12.7 Å². The fourth-order valence-corrected chi connectivity index (χ4v) is 5.98. The highest BCUT2D eigenvalue weighted by atomic mass is 32.2. The number of aryl methyl sites for hydroxylation is 1. The van der Waals surface area contributed by atoms with Gasteiger partial charge in [-0.1, -0.05) is 24.3 Å². The van der Waals surface area contributed by atoms with Gasteiger partial charge in [0, 0.05) is 31.3 Å². The third-order valence-electron chi connectivity index (χ3n) is 6.84. The molecule has 1 aromatic carbocycles. The number of pyridine rings is 1. The van der Waals surface area contributed by atoms with E-state index in [0.29, 0.717) is 51.3 Å². The molecule has 2 aliphatic rings. The highest BCUT2D eigenvalue weighted by molar-refractivity contribution is 7.84. The number of ether oxygens (including phenoxy) is 2. The molecule has 36 heavy (non-hydrogen) atoms. The molecular formula is C26H34N2O7S. The maximum atomic E-state index is 12.7. The number of aromatic nitrogens is 1. The Bertz CT molecular complexity index is 1160. The molecule has 10 heteroatoms. The van der Waals surface area contributed by atoms with Crippen molar-refractivity contribution >= 4 is 16.3 Å². The topological polar surface area (TPSA) is 115 Å². The van der Waals surface area contributed by atoms with E-state index in [9.17, 15) is 13.2 Å². The highest BCUT2D eigenvalue weighted by Crippen LogP contribution is 2.33. The molecule has 0 aliphatic carbocycles. The Morgan fingerprint density at radius 2 is 1.97 bits per heavy atom. The van der Waals surface area contributed by atoms with Crippen LogP contribution in [0.1, 0.15) is 49.7 Å². The highest BCUT2D eigenvalue weighted by Gasteiger charge is 2.35. The number of rotatable bonds is 8. The molecule has 1 N–H and O–H groups in total. The zero-order valence-electron chi connectivity index (χ0n) is 20.8. The summed E-state index contributed by atoms with van der Waals surface area (Å²) in [4.78, 5) is 17.0. The summed E-state index contributed by atoms with van der Waals surface area (Å²) < 4.78 is 42.6. The molecule has 2 atom stereocenters. The van der Waals surface area contributed by atoms with Crippen molar-refractivity contribution in [3.63, 3.8) is 0 Å². The van der Waals surface area contributed by atoms with E-state index in [4.69, 9.17) is 18.8 Å². The average Bonchev–Trinajstić information content (AvgIpc) is 2.87. The van der Waals surface area contributed by atoms with Crippen LogP contribution in [0, 0.1) is 12.8 Å². The molecule has 4 rings (SSSR count). The van der Waals surface area contributed by atoms with Crippen molar-refractivity contribution in [3.05, 3.63) is 47.5 Å². The first kappa shape index (κ1) is 26.5. The fourth-order valence-electron chi connectivity index (χ4n) is 4.87. The second-order valence-electron chi connectivity index (χ2n) is 9.44. The molecule has 2 saturated heterocycles. The summed E-state index contributed by atoms with van der Waals surface area (Å²) in [6.45, 7) is 5.05. The number of carbonyl (C=O) groups excluding carboxylic acids is 1. The minimum atomic E-state index is -4.11. The predicted molar refractivity (Wildman–Crippen MR) is 134 cm³/mol. The van der Waals surface area contributed by atoms with Gasteiger partial charge >= 0.3 is 16.3 Å². The summed E-state index contributed by atoms with van der Waals surface area (Å²) in [6, 6.07) is 11.8. The number of piperidine rings is 1. The Labute approximate surface area is 212 Å². The SMILES string of the molecule is Cc1cc(C2CCN(S(=O)(=O)OC(=O)C3CCOC(C)C3)CC2)ccc1-c1cccc(OCCO)n1. The van der Waals surface area contributed by atoms with Crippen molar-refractivity contribution in [2.45, 2.75) is 51.6 Å². The van der Waals surface area contributed by atoms with Crippen LogP contribution in [0.3, 0.4) is 0 Å². The minimum absolute atomic E-state index is 0.0720. The summed E-state index contributed by atoms with van der Waals surface area (Å²) in [5.74, 6) is -0.453. The molecule has 196 valence electrons. The molecule has 0 radical (unpaired) electrons. The van der Waals surface area contributed by atoms with Gasteiger partial charge in [-0.25, -0.2) is 4.98 Å². The molecule has 3 heterocycles. The minimum Gasteiger partial charge on any atom is -0.475 e. The van der Waals surface area contributed by atoms with Gasteiger partial charge < -0.3 is 18.8 Å². The first-order valence-electron chi connectivity index (χ1n) is 12.4. The summed E-state index contributed by atoms with van der Waals surface area (Å²) in [7, 11) is -4.11. The van der Waals surface area contributed by atoms with E-state index < -0.39 is 22.2 Å². The lowest BCUT2D eigenvalue weighted by Crippen LogP contribution is -2.41. The third-order valence-corrected chi connectivity index (χ3v) is 8.21. The van der Waals surface area contributed by atoms with Crippen molar-refractivity contribution in [2.24, 2.45) is 5.92 Å². The van der Waals surface area contributed by atoms with E-state index in [0.717, 1.165) is 22.4 Å². The van der Waals surface area contributed by atoms with Gasteiger partial charge in [0.05, 0.1) is 24.3 Å². The maximum absolute atomic E-state index is 12.7. The Morgan fingerprint density at radius 1 is 1.19 bits per heavy atom. The molecule has 2 aromatic rings. The van der Waals surface area contributed by atoms with Gasteiger partial charge in [-0.3, -0.25) is 4.79 Å². The van der Waals surface area contributed by atoms with E-state index >= 15 is 0 Å². The van der Waals surface area contributed by atoms with E-state index in [1.54, 1.807) is 6.07 Å². The molecule has 0 saturated carbocycles. The van der Waals surface area contributed by atoms with E-state index in [-0.39, 0.29) is 25.2 Å². The fraction of sp³-hybridized carbons (Fsp3) is 0.538. The largest absolute Gasteiger partial charge is 0.475 e. The molecule has 2 unspecified atom stereocenters. The first-order chi connectivity index (χ1) is 17.3. The molecule has 2 aliphatic heterocycles. The number of hydrogen-bond acceptors (Lipinski definition) is 8. The van der Waals surface area contributed by atoms with Crippen LogP contribution in [0.4, 0.5) is 0 Å². The number of benzene rings is 1.